The Kier molecular flexibility index (Phi) is 7.80. The number of amides is 2. The summed E-state index contributed by atoms with van der Waals surface area (Å²) in [6.07, 6.45) is 1.93. The third kappa shape index (κ3) is 6.75. The molecule has 8 heteroatoms. The fraction of sp³-hybridized carbons (Fsp3) is 0.500. The van der Waals surface area contributed by atoms with E-state index in [1.807, 2.05) is 45.0 Å². The van der Waals surface area contributed by atoms with Crippen molar-refractivity contribution in [3.8, 4) is 11.5 Å². The zero-order valence-corrected chi connectivity index (χ0v) is 19.3. The summed E-state index contributed by atoms with van der Waals surface area (Å²) in [5.74, 6) is 1.79. The SMILES string of the molecule is COCCN(CC(=O)N(Cc1ccc2c(c1)OCO2)Cc1ccco1)C(=O)CC(C)(C)C. The first kappa shape index (κ1) is 23.7. The van der Waals surface area contributed by atoms with Crippen LogP contribution in [-0.2, 0) is 27.4 Å². The summed E-state index contributed by atoms with van der Waals surface area (Å²) in [6, 6.07) is 9.23. The second-order valence-corrected chi connectivity index (χ2v) is 9.06. The molecule has 0 aliphatic carbocycles. The van der Waals surface area contributed by atoms with Gasteiger partial charge in [-0.2, -0.15) is 0 Å². The number of furan rings is 1. The largest absolute Gasteiger partial charge is 0.467 e. The van der Waals surface area contributed by atoms with E-state index in [0.29, 0.717) is 49.9 Å². The summed E-state index contributed by atoms with van der Waals surface area (Å²) in [4.78, 5) is 29.5. The van der Waals surface area contributed by atoms with Gasteiger partial charge in [-0.3, -0.25) is 9.59 Å². The van der Waals surface area contributed by atoms with Crippen molar-refractivity contribution >= 4 is 11.8 Å². The lowest BCUT2D eigenvalue weighted by atomic mass is 9.91. The predicted molar refractivity (Wildman–Crippen MR) is 118 cm³/mol. The first-order chi connectivity index (χ1) is 15.2. The Labute approximate surface area is 189 Å². The number of benzene rings is 1. The van der Waals surface area contributed by atoms with Gasteiger partial charge in [-0.25, -0.2) is 0 Å². The maximum absolute atomic E-state index is 13.3. The van der Waals surface area contributed by atoms with Crippen LogP contribution in [0.15, 0.2) is 41.0 Å². The average molecular weight is 445 g/mol. The van der Waals surface area contributed by atoms with Crippen LogP contribution < -0.4 is 9.47 Å². The van der Waals surface area contributed by atoms with Crippen LogP contribution in [0.5, 0.6) is 11.5 Å². The molecule has 0 spiro atoms. The van der Waals surface area contributed by atoms with Crippen LogP contribution in [0.1, 0.15) is 38.5 Å². The molecule has 1 aromatic heterocycles. The minimum absolute atomic E-state index is 0.0243. The van der Waals surface area contributed by atoms with E-state index in [9.17, 15) is 9.59 Å². The monoisotopic (exact) mass is 444 g/mol. The van der Waals surface area contributed by atoms with Gasteiger partial charge in [0, 0.05) is 26.6 Å². The Morgan fingerprint density at radius 3 is 2.50 bits per heavy atom. The molecule has 0 saturated carbocycles. The van der Waals surface area contributed by atoms with Gasteiger partial charge in [0.2, 0.25) is 18.6 Å². The molecule has 8 nitrogen and oxygen atoms in total. The van der Waals surface area contributed by atoms with Gasteiger partial charge >= 0.3 is 0 Å². The molecule has 0 unspecified atom stereocenters. The molecule has 0 radical (unpaired) electrons. The van der Waals surface area contributed by atoms with E-state index in [-0.39, 0.29) is 30.6 Å². The highest BCUT2D eigenvalue weighted by molar-refractivity contribution is 5.85. The van der Waals surface area contributed by atoms with Crippen molar-refractivity contribution in [3.63, 3.8) is 0 Å². The van der Waals surface area contributed by atoms with E-state index < -0.39 is 0 Å². The third-order valence-corrected chi connectivity index (χ3v) is 5.02. The molecule has 3 rings (SSSR count). The molecule has 0 bridgehead atoms. The minimum atomic E-state index is -0.175. The second kappa shape index (κ2) is 10.5. The zero-order chi connectivity index (χ0) is 23.1. The first-order valence-electron chi connectivity index (χ1n) is 10.7. The quantitative estimate of drug-likeness (QED) is 0.558. The predicted octanol–water partition coefficient (Wildman–Crippen LogP) is 3.45. The van der Waals surface area contributed by atoms with Crippen molar-refractivity contribution in [2.45, 2.75) is 40.3 Å². The summed E-state index contributed by atoms with van der Waals surface area (Å²) < 4.78 is 21.5. The molecule has 2 amide bonds. The summed E-state index contributed by atoms with van der Waals surface area (Å²) in [6.45, 7) is 7.55. The number of hydrogen-bond acceptors (Lipinski definition) is 6. The average Bonchev–Trinajstić information content (AvgIpc) is 3.40. The minimum Gasteiger partial charge on any atom is -0.467 e. The van der Waals surface area contributed by atoms with Crippen molar-refractivity contribution in [2.24, 2.45) is 5.41 Å². The van der Waals surface area contributed by atoms with Crippen LogP contribution in [0.4, 0.5) is 0 Å². The van der Waals surface area contributed by atoms with Gasteiger partial charge in [0.1, 0.15) is 5.76 Å². The van der Waals surface area contributed by atoms with Crippen molar-refractivity contribution in [1.29, 1.82) is 0 Å². The molecule has 0 saturated heterocycles. The summed E-state index contributed by atoms with van der Waals surface area (Å²) in [7, 11) is 1.58. The topological polar surface area (TPSA) is 81.5 Å². The molecule has 1 aliphatic heterocycles. The highest BCUT2D eigenvalue weighted by atomic mass is 16.7. The van der Waals surface area contributed by atoms with Crippen LogP contribution in [0.2, 0.25) is 0 Å². The van der Waals surface area contributed by atoms with Gasteiger partial charge < -0.3 is 28.4 Å². The number of nitrogens with zero attached hydrogens (tertiary/aromatic N) is 2. The van der Waals surface area contributed by atoms with Gasteiger partial charge in [-0.1, -0.05) is 26.8 Å². The number of methoxy groups -OCH3 is 1. The lowest BCUT2D eigenvalue weighted by Crippen LogP contribution is -2.44. The van der Waals surface area contributed by atoms with E-state index in [2.05, 4.69) is 0 Å². The fourth-order valence-corrected chi connectivity index (χ4v) is 3.40. The van der Waals surface area contributed by atoms with E-state index in [0.717, 1.165) is 5.56 Å². The van der Waals surface area contributed by atoms with Crippen LogP contribution in [0.25, 0.3) is 0 Å². The number of carbonyl (C=O) groups is 2. The van der Waals surface area contributed by atoms with Crippen LogP contribution in [-0.4, -0.2) is 55.2 Å². The first-order valence-corrected chi connectivity index (χ1v) is 10.7. The molecule has 0 N–H and O–H groups in total. The van der Waals surface area contributed by atoms with Gasteiger partial charge in [-0.15, -0.1) is 0 Å². The van der Waals surface area contributed by atoms with Crippen LogP contribution in [0.3, 0.4) is 0 Å². The molecular formula is C24H32N2O6. The summed E-state index contributed by atoms with van der Waals surface area (Å²) >= 11 is 0. The Hall–Kier alpha value is -3.00. The lowest BCUT2D eigenvalue weighted by Gasteiger charge is -2.29. The second-order valence-electron chi connectivity index (χ2n) is 9.06. The van der Waals surface area contributed by atoms with E-state index >= 15 is 0 Å². The molecular weight excluding hydrogens is 412 g/mol. The third-order valence-electron chi connectivity index (χ3n) is 5.02. The molecule has 2 heterocycles. The van der Waals surface area contributed by atoms with Crippen LogP contribution >= 0.6 is 0 Å². The van der Waals surface area contributed by atoms with Crippen molar-refractivity contribution in [3.05, 3.63) is 47.9 Å². The number of rotatable bonds is 10. The Bertz CT molecular complexity index is 904. The fourth-order valence-electron chi connectivity index (χ4n) is 3.40. The van der Waals surface area contributed by atoms with Gasteiger partial charge in [-0.05, 0) is 35.2 Å². The summed E-state index contributed by atoms with van der Waals surface area (Å²) in [5.41, 5.74) is 0.727. The van der Waals surface area contributed by atoms with Crippen molar-refractivity contribution in [2.75, 3.05) is 33.6 Å². The van der Waals surface area contributed by atoms with Gasteiger partial charge in [0.25, 0.3) is 0 Å². The number of ether oxygens (including phenoxy) is 3. The van der Waals surface area contributed by atoms with Crippen molar-refractivity contribution < 1.29 is 28.2 Å². The Morgan fingerprint density at radius 1 is 1.03 bits per heavy atom. The highest BCUT2D eigenvalue weighted by Crippen LogP contribution is 2.33. The van der Waals surface area contributed by atoms with Gasteiger partial charge in [0.05, 0.1) is 26.0 Å². The molecule has 1 aromatic carbocycles. The van der Waals surface area contributed by atoms with Crippen LogP contribution in [0, 0.1) is 5.41 Å². The number of hydrogen-bond donors (Lipinski definition) is 0. The maximum Gasteiger partial charge on any atom is 0.242 e. The zero-order valence-electron chi connectivity index (χ0n) is 19.3. The molecule has 174 valence electrons. The van der Waals surface area contributed by atoms with E-state index in [1.54, 1.807) is 29.2 Å². The maximum atomic E-state index is 13.3. The molecule has 0 fully saturated rings. The summed E-state index contributed by atoms with van der Waals surface area (Å²) in [5, 5.41) is 0. The standard InChI is InChI=1S/C24H32N2O6/c1-24(2,3)13-22(27)25(9-11-29-4)16-23(28)26(15-19-6-5-10-30-19)14-18-7-8-20-21(12-18)32-17-31-20/h5-8,10,12H,9,11,13-17H2,1-4H3. The van der Waals surface area contributed by atoms with Crippen molar-refractivity contribution in [1.82, 2.24) is 9.80 Å². The molecule has 1 aliphatic rings. The van der Waals surface area contributed by atoms with E-state index in [4.69, 9.17) is 18.6 Å². The molecule has 2 aromatic rings. The number of carbonyl (C=O) groups excluding carboxylic acids is 2. The Balaban J connectivity index is 1.75. The van der Waals surface area contributed by atoms with E-state index in [1.165, 1.54) is 0 Å². The number of fused-ring (bicyclic) bond motifs is 1. The highest BCUT2D eigenvalue weighted by Gasteiger charge is 2.26. The Morgan fingerprint density at radius 2 is 1.81 bits per heavy atom. The smallest absolute Gasteiger partial charge is 0.242 e. The molecule has 0 atom stereocenters. The lowest BCUT2D eigenvalue weighted by molar-refractivity contribution is -0.142. The normalized spacial score (nSPS) is 12.6. The molecule has 32 heavy (non-hydrogen) atoms. The van der Waals surface area contributed by atoms with Gasteiger partial charge in [0.15, 0.2) is 11.5 Å².